The zero-order valence-corrected chi connectivity index (χ0v) is 4.70. The first-order valence-electron chi connectivity index (χ1n) is 2.41. The zero-order chi connectivity index (χ0) is 6.53. The van der Waals surface area contributed by atoms with Crippen molar-refractivity contribution in [2.24, 2.45) is 5.73 Å². The van der Waals surface area contributed by atoms with Crippen LogP contribution in [0, 0.1) is 12.0 Å². The molecule has 2 N–H and O–H groups in total. The Balaban J connectivity index is 2.94. The van der Waals surface area contributed by atoms with Crippen molar-refractivity contribution in [2.75, 3.05) is 0 Å². The summed E-state index contributed by atoms with van der Waals surface area (Å²) in [5.41, 5.74) is 5.53. The van der Waals surface area contributed by atoms with E-state index >= 15 is 0 Å². The Hall–Kier alpha value is -1.56. The highest BCUT2D eigenvalue weighted by Gasteiger charge is 1.80. The summed E-state index contributed by atoms with van der Waals surface area (Å²) in [4.78, 5) is 7.64. The van der Waals surface area contributed by atoms with Crippen LogP contribution in [0.4, 0.5) is 0 Å². The second kappa shape index (κ2) is 2.68. The van der Waals surface area contributed by atoms with Crippen molar-refractivity contribution in [3.63, 3.8) is 0 Å². The maximum Gasteiger partial charge on any atom is 0.133 e. The molecule has 3 heteroatoms. The van der Waals surface area contributed by atoms with Crippen LogP contribution < -0.4 is 5.73 Å². The van der Waals surface area contributed by atoms with E-state index < -0.39 is 0 Å². The summed E-state index contributed by atoms with van der Waals surface area (Å²) in [6, 6.07) is 2.23. The molecule has 1 aromatic rings. The third kappa shape index (κ3) is 1.42. The molecule has 0 atom stereocenters. The molecule has 0 spiro atoms. The molecular formula is C6H5N3. The summed E-state index contributed by atoms with van der Waals surface area (Å²) >= 11 is 0. The molecule has 1 rings (SSSR count). The van der Waals surface area contributed by atoms with Crippen LogP contribution >= 0.6 is 0 Å². The van der Waals surface area contributed by atoms with E-state index in [4.69, 9.17) is 5.73 Å². The second-order valence-electron chi connectivity index (χ2n) is 1.36. The second-order valence-corrected chi connectivity index (χ2v) is 1.36. The Morgan fingerprint density at radius 1 is 1.44 bits per heavy atom. The van der Waals surface area contributed by atoms with Crippen LogP contribution in [-0.4, -0.2) is 9.97 Å². The molecule has 0 aliphatic rings. The average molecular weight is 119 g/mol. The first-order valence-corrected chi connectivity index (χ1v) is 2.41. The van der Waals surface area contributed by atoms with Gasteiger partial charge < -0.3 is 5.73 Å². The van der Waals surface area contributed by atoms with Crippen LogP contribution in [0.2, 0.25) is 0 Å². The van der Waals surface area contributed by atoms with Gasteiger partial charge in [-0.1, -0.05) is 0 Å². The fourth-order valence-electron chi connectivity index (χ4n) is 0.438. The van der Waals surface area contributed by atoms with E-state index in [1.54, 1.807) is 18.6 Å². The summed E-state index contributed by atoms with van der Waals surface area (Å²) in [6.07, 6.45) is 4.71. The van der Waals surface area contributed by atoms with Gasteiger partial charge in [-0.25, -0.2) is 4.98 Å². The largest absolute Gasteiger partial charge is 0.359 e. The Bertz CT molecular complexity index is 231. The molecule has 1 aromatic heterocycles. The SMILES string of the molecule is NC#Cc1cnccn1. The van der Waals surface area contributed by atoms with Crippen molar-refractivity contribution >= 4 is 0 Å². The van der Waals surface area contributed by atoms with E-state index in [0.29, 0.717) is 5.69 Å². The zero-order valence-electron chi connectivity index (χ0n) is 4.70. The van der Waals surface area contributed by atoms with Gasteiger partial charge in [0.05, 0.1) is 6.20 Å². The fraction of sp³-hybridized carbons (Fsp3) is 0. The van der Waals surface area contributed by atoms with E-state index in [1.165, 1.54) is 0 Å². The van der Waals surface area contributed by atoms with Gasteiger partial charge in [-0.2, -0.15) is 0 Å². The normalized spacial score (nSPS) is 7.56. The monoisotopic (exact) mass is 119 g/mol. The summed E-state index contributed by atoms with van der Waals surface area (Å²) in [5, 5.41) is 0. The Kier molecular flexibility index (Phi) is 1.66. The molecule has 0 aromatic carbocycles. The lowest BCUT2D eigenvalue weighted by atomic mass is 10.5. The molecule has 0 unspecified atom stereocenters. The highest BCUT2D eigenvalue weighted by molar-refractivity contribution is 5.22. The third-order valence-electron chi connectivity index (χ3n) is 0.763. The number of rotatable bonds is 0. The number of nitrogens with two attached hydrogens (primary N) is 1. The number of hydrogen-bond donors (Lipinski definition) is 1. The molecule has 0 radical (unpaired) electrons. The minimum Gasteiger partial charge on any atom is -0.359 e. The Morgan fingerprint density at radius 2 is 2.33 bits per heavy atom. The number of aromatic nitrogens is 2. The Morgan fingerprint density at radius 3 is 2.89 bits per heavy atom. The van der Waals surface area contributed by atoms with Crippen molar-refractivity contribution in [3.05, 3.63) is 24.3 Å². The van der Waals surface area contributed by atoms with Crippen LogP contribution in [0.25, 0.3) is 0 Å². The van der Waals surface area contributed by atoms with E-state index in [1.807, 2.05) is 0 Å². The molecule has 0 bridgehead atoms. The molecule has 44 valence electrons. The molecule has 0 amide bonds. The van der Waals surface area contributed by atoms with Gasteiger partial charge in [0, 0.05) is 18.4 Å². The van der Waals surface area contributed by atoms with Gasteiger partial charge in [0.1, 0.15) is 5.69 Å². The number of nitrogens with zero attached hydrogens (tertiary/aromatic N) is 2. The molecule has 9 heavy (non-hydrogen) atoms. The smallest absolute Gasteiger partial charge is 0.133 e. The number of hydrogen-bond acceptors (Lipinski definition) is 3. The predicted octanol–water partition coefficient (Wildman–Crippen LogP) is -0.256. The van der Waals surface area contributed by atoms with Gasteiger partial charge in [0.15, 0.2) is 0 Å². The maximum atomic E-state index is 4.93. The van der Waals surface area contributed by atoms with Gasteiger partial charge in [-0.3, -0.25) is 4.98 Å². The van der Waals surface area contributed by atoms with Crippen molar-refractivity contribution < 1.29 is 0 Å². The van der Waals surface area contributed by atoms with Crippen molar-refractivity contribution in [3.8, 4) is 12.0 Å². The third-order valence-corrected chi connectivity index (χ3v) is 0.763. The molecule has 0 saturated heterocycles. The topological polar surface area (TPSA) is 51.8 Å². The quantitative estimate of drug-likeness (QED) is 0.378. The van der Waals surface area contributed by atoms with Crippen molar-refractivity contribution in [1.82, 2.24) is 9.97 Å². The molecule has 0 aliphatic carbocycles. The standard InChI is InChI=1S/C6H5N3/c7-2-1-6-5-8-3-4-9-6/h3-5H,7H2. The van der Waals surface area contributed by atoms with Gasteiger partial charge in [0.2, 0.25) is 0 Å². The molecular weight excluding hydrogens is 114 g/mol. The van der Waals surface area contributed by atoms with E-state index in [-0.39, 0.29) is 0 Å². The average Bonchev–Trinajstić information content (AvgIpc) is 1.91. The van der Waals surface area contributed by atoms with Gasteiger partial charge in [0.25, 0.3) is 0 Å². The molecule has 0 aliphatic heterocycles. The lowest BCUT2D eigenvalue weighted by molar-refractivity contribution is 1.17. The highest BCUT2D eigenvalue weighted by atomic mass is 14.8. The summed E-state index contributed by atoms with van der Waals surface area (Å²) in [7, 11) is 0. The van der Waals surface area contributed by atoms with Crippen LogP contribution in [0.3, 0.4) is 0 Å². The van der Waals surface area contributed by atoms with Crippen LogP contribution in [-0.2, 0) is 0 Å². The summed E-state index contributed by atoms with van der Waals surface area (Å²) in [6.45, 7) is 0. The van der Waals surface area contributed by atoms with Gasteiger partial charge >= 0.3 is 0 Å². The van der Waals surface area contributed by atoms with Crippen LogP contribution in [0.1, 0.15) is 5.69 Å². The molecule has 0 fully saturated rings. The van der Waals surface area contributed by atoms with E-state index in [9.17, 15) is 0 Å². The lowest BCUT2D eigenvalue weighted by Crippen LogP contribution is -1.84. The van der Waals surface area contributed by atoms with Crippen LogP contribution in [0.15, 0.2) is 18.6 Å². The summed E-state index contributed by atoms with van der Waals surface area (Å²) < 4.78 is 0. The molecule has 0 saturated carbocycles. The first kappa shape index (κ1) is 5.57. The van der Waals surface area contributed by atoms with Crippen molar-refractivity contribution in [2.45, 2.75) is 0 Å². The summed E-state index contributed by atoms with van der Waals surface area (Å²) in [5.74, 6) is 2.56. The van der Waals surface area contributed by atoms with E-state index in [0.717, 1.165) is 0 Å². The van der Waals surface area contributed by atoms with Gasteiger partial charge in [-0.15, -0.1) is 0 Å². The highest BCUT2D eigenvalue weighted by Crippen LogP contribution is 1.82. The van der Waals surface area contributed by atoms with Crippen molar-refractivity contribution in [1.29, 1.82) is 0 Å². The fourth-order valence-corrected chi connectivity index (χ4v) is 0.438. The van der Waals surface area contributed by atoms with E-state index in [2.05, 4.69) is 21.9 Å². The molecule has 3 nitrogen and oxygen atoms in total. The lowest BCUT2D eigenvalue weighted by Gasteiger charge is -1.82. The minimum absolute atomic E-state index is 0.597. The predicted molar refractivity (Wildman–Crippen MR) is 33.1 cm³/mol. The maximum absolute atomic E-state index is 4.93. The van der Waals surface area contributed by atoms with Gasteiger partial charge in [-0.05, 0) is 5.92 Å². The molecule has 1 heterocycles. The first-order chi connectivity index (χ1) is 4.43. The van der Waals surface area contributed by atoms with Crippen LogP contribution in [0.5, 0.6) is 0 Å². The Labute approximate surface area is 52.9 Å². The minimum atomic E-state index is 0.597.